The van der Waals surface area contributed by atoms with Gasteiger partial charge in [0.2, 0.25) is 0 Å². The maximum atomic E-state index is 12.1. The van der Waals surface area contributed by atoms with E-state index in [-0.39, 0.29) is 5.91 Å². The van der Waals surface area contributed by atoms with E-state index in [4.69, 9.17) is 0 Å². The first-order chi connectivity index (χ1) is 12.2. The molecule has 122 valence electrons. The van der Waals surface area contributed by atoms with Crippen molar-refractivity contribution < 1.29 is 4.79 Å². The minimum absolute atomic E-state index is 0.317. The van der Waals surface area contributed by atoms with Crippen LogP contribution < -0.4 is 5.43 Å². The Balaban J connectivity index is 1.73. The third-order valence-electron chi connectivity index (χ3n) is 4.11. The van der Waals surface area contributed by atoms with Gasteiger partial charge in [-0.1, -0.05) is 48.5 Å². The number of fused-ring (bicyclic) bond motifs is 2. The van der Waals surface area contributed by atoms with Gasteiger partial charge >= 0.3 is 0 Å². The fraction of sp³-hybridized carbons (Fsp3) is 0.0500. The van der Waals surface area contributed by atoms with Gasteiger partial charge in [0.1, 0.15) is 0 Å². The van der Waals surface area contributed by atoms with Crippen molar-refractivity contribution in [2.24, 2.45) is 5.10 Å². The van der Waals surface area contributed by atoms with Crippen LogP contribution in [0.2, 0.25) is 0 Å². The van der Waals surface area contributed by atoms with Gasteiger partial charge in [-0.3, -0.25) is 9.89 Å². The zero-order chi connectivity index (χ0) is 17.2. The van der Waals surface area contributed by atoms with Gasteiger partial charge in [-0.25, -0.2) is 5.43 Å². The van der Waals surface area contributed by atoms with Crippen LogP contribution >= 0.6 is 0 Å². The second-order valence-electron chi connectivity index (χ2n) is 5.87. The van der Waals surface area contributed by atoms with Crippen molar-refractivity contribution >= 4 is 33.7 Å². The summed E-state index contributed by atoms with van der Waals surface area (Å²) < 4.78 is 0. The Hall–Kier alpha value is -3.47. The number of aryl methyl sites for hydroxylation is 1. The van der Waals surface area contributed by atoms with Crippen molar-refractivity contribution in [3.63, 3.8) is 0 Å². The molecule has 5 nitrogen and oxygen atoms in total. The number of carbonyl (C=O) groups is 1. The lowest BCUT2D eigenvalue weighted by molar-refractivity contribution is 0.0950. The number of hydrogen-bond acceptors (Lipinski definition) is 3. The molecule has 0 radical (unpaired) electrons. The molecule has 2 N–H and O–H groups in total. The Kier molecular flexibility index (Phi) is 3.74. The molecule has 4 aromatic rings. The number of benzene rings is 3. The van der Waals surface area contributed by atoms with Crippen LogP contribution in [0.15, 0.2) is 65.8 Å². The summed E-state index contributed by atoms with van der Waals surface area (Å²) in [4.78, 5) is 12.1. The predicted molar refractivity (Wildman–Crippen MR) is 99.8 cm³/mol. The summed E-state index contributed by atoms with van der Waals surface area (Å²) in [5.41, 5.74) is 4.66. The molecule has 5 heteroatoms. The Morgan fingerprint density at radius 1 is 1.04 bits per heavy atom. The average Bonchev–Trinajstić information content (AvgIpc) is 3.07. The van der Waals surface area contributed by atoms with E-state index in [2.05, 4.69) is 51.1 Å². The Morgan fingerprint density at radius 2 is 1.68 bits per heavy atom. The maximum absolute atomic E-state index is 12.1. The lowest BCUT2D eigenvalue weighted by atomic mass is 9.97. The van der Waals surface area contributed by atoms with Gasteiger partial charge in [0, 0.05) is 11.3 Å². The molecule has 3 aromatic carbocycles. The minimum Gasteiger partial charge on any atom is -0.282 e. The fourth-order valence-electron chi connectivity index (χ4n) is 2.94. The first-order valence-electron chi connectivity index (χ1n) is 7.98. The van der Waals surface area contributed by atoms with Gasteiger partial charge < -0.3 is 0 Å². The number of H-pyrrole nitrogens is 1. The fourth-order valence-corrected chi connectivity index (χ4v) is 2.94. The molecular formula is C20H16N4O. The van der Waals surface area contributed by atoms with E-state index < -0.39 is 0 Å². The quantitative estimate of drug-likeness (QED) is 0.341. The average molecular weight is 328 g/mol. The van der Waals surface area contributed by atoms with E-state index >= 15 is 0 Å². The van der Waals surface area contributed by atoms with Crippen molar-refractivity contribution in [1.29, 1.82) is 0 Å². The van der Waals surface area contributed by atoms with E-state index in [0.717, 1.165) is 32.8 Å². The molecule has 0 spiro atoms. The number of aromatic amines is 1. The maximum Gasteiger partial charge on any atom is 0.291 e. The highest BCUT2D eigenvalue weighted by molar-refractivity contribution is 6.13. The molecule has 0 aliphatic rings. The van der Waals surface area contributed by atoms with Crippen LogP contribution in [0.5, 0.6) is 0 Å². The molecule has 0 aliphatic heterocycles. The topological polar surface area (TPSA) is 70.1 Å². The van der Waals surface area contributed by atoms with Crippen molar-refractivity contribution in [3.8, 4) is 0 Å². The minimum atomic E-state index is -0.342. The number of nitrogens with one attached hydrogen (secondary N) is 2. The monoisotopic (exact) mass is 328 g/mol. The third kappa shape index (κ3) is 2.87. The van der Waals surface area contributed by atoms with Gasteiger partial charge in [-0.2, -0.15) is 10.2 Å². The molecule has 0 atom stereocenters. The zero-order valence-corrected chi connectivity index (χ0v) is 13.7. The number of amides is 1. The van der Waals surface area contributed by atoms with Crippen LogP contribution in [0.1, 0.15) is 21.7 Å². The summed E-state index contributed by atoms with van der Waals surface area (Å²) in [5.74, 6) is -0.342. The molecule has 0 aliphatic carbocycles. The molecule has 0 unspecified atom stereocenters. The van der Waals surface area contributed by atoms with Crippen LogP contribution in [0.4, 0.5) is 0 Å². The second kappa shape index (κ2) is 6.20. The summed E-state index contributed by atoms with van der Waals surface area (Å²) in [6, 6.07) is 20.1. The van der Waals surface area contributed by atoms with Crippen LogP contribution in [0.25, 0.3) is 21.5 Å². The van der Waals surface area contributed by atoms with Crippen molar-refractivity contribution in [2.75, 3.05) is 0 Å². The molecular weight excluding hydrogens is 312 g/mol. The van der Waals surface area contributed by atoms with Gasteiger partial charge in [0.15, 0.2) is 5.69 Å². The van der Waals surface area contributed by atoms with Gasteiger partial charge in [-0.15, -0.1) is 0 Å². The van der Waals surface area contributed by atoms with E-state index in [1.54, 1.807) is 12.3 Å². The van der Waals surface area contributed by atoms with Gasteiger partial charge in [-0.05, 0) is 40.6 Å². The number of aromatic nitrogens is 2. The SMILES string of the molecule is Cc1cc(C(=O)N/N=C\c2c3ccccc3cc3ccccc23)n[nH]1. The van der Waals surface area contributed by atoms with Crippen LogP contribution in [-0.2, 0) is 0 Å². The summed E-state index contributed by atoms with van der Waals surface area (Å²) in [6.45, 7) is 1.84. The standard InChI is InChI=1S/C20H16N4O/c1-13-10-19(23-22-13)20(25)24-21-12-18-16-8-4-2-6-14(16)11-15-7-3-5-9-17(15)18/h2-12H,1H3,(H,22,23)(H,24,25)/b21-12-. The number of rotatable bonds is 3. The number of carbonyl (C=O) groups excluding carboxylic acids is 1. The van der Waals surface area contributed by atoms with E-state index in [1.807, 2.05) is 31.2 Å². The van der Waals surface area contributed by atoms with E-state index in [9.17, 15) is 4.79 Å². The normalized spacial score (nSPS) is 11.4. The molecule has 1 heterocycles. The molecule has 1 aromatic heterocycles. The number of hydrazone groups is 1. The van der Waals surface area contributed by atoms with Gasteiger partial charge in [0.05, 0.1) is 6.21 Å². The molecule has 0 saturated carbocycles. The second-order valence-corrected chi connectivity index (χ2v) is 5.87. The summed E-state index contributed by atoms with van der Waals surface area (Å²) in [5, 5.41) is 15.3. The molecule has 1 amide bonds. The first-order valence-corrected chi connectivity index (χ1v) is 7.98. The van der Waals surface area contributed by atoms with Crippen molar-refractivity contribution in [3.05, 3.63) is 77.6 Å². The van der Waals surface area contributed by atoms with Gasteiger partial charge in [0.25, 0.3) is 5.91 Å². The lowest BCUT2D eigenvalue weighted by Crippen LogP contribution is -2.18. The molecule has 0 saturated heterocycles. The van der Waals surface area contributed by atoms with Crippen molar-refractivity contribution in [2.45, 2.75) is 6.92 Å². The zero-order valence-electron chi connectivity index (χ0n) is 13.7. The first kappa shape index (κ1) is 15.1. The highest BCUT2D eigenvalue weighted by atomic mass is 16.2. The molecule has 4 rings (SSSR count). The Morgan fingerprint density at radius 3 is 2.28 bits per heavy atom. The Bertz CT molecular complexity index is 1060. The number of hydrogen-bond donors (Lipinski definition) is 2. The van der Waals surface area contributed by atoms with Crippen LogP contribution in [0, 0.1) is 6.92 Å². The largest absolute Gasteiger partial charge is 0.291 e. The van der Waals surface area contributed by atoms with Crippen LogP contribution in [0.3, 0.4) is 0 Å². The van der Waals surface area contributed by atoms with Crippen molar-refractivity contribution in [1.82, 2.24) is 15.6 Å². The van der Waals surface area contributed by atoms with Crippen LogP contribution in [-0.4, -0.2) is 22.3 Å². The number of nitrogens with zero attached hydrogens (tertiary/aromatic N) is 2. The summed E-state index contributed by atoms with van der Waals surface area (Å²) >= 11 is 0. The predicted octanol–water partition coefficient (Wildman–Crippen LogP) is 3.79. The smallest absolute Gasteiger partial charge is 0.282 e. The summed E-state index contributed by atoms with van der Waals surface area (Å²) in [7, 11) is 0. The third-order valence-corrected chi connectivity index (χ3v) is 4.11. The highest BCUT2D eigenvalue weighted by Gasteiger charge is 2.08. The van der Waals surface area contributed by atoms with E-state index in [0.29, 0.717) is 5.69 Å². The lowest BCUT2D eigenvalue weighted by Gasteiger charge is -2.07. The summed E-state index contributed by atoms with van der Waals surface area (Å²) in [6.07, 6.45) is 1.70. The Labute approximate surface area is 144 Å². The van der Waals surface area contributed by atoms with E-state index in [1.165, 1.54) is 0 Å². The molecule has 25 heavy (non-hydrogen) atoms. The molecule has 0 bridgehead atoms. The molecule has 0 fully saturated rings. The highest BCUT2D eigenvalue weighted by Crippen LogP contribution is 2.27.